The van der Waals surface area contributed by atoms with Gasteiger partial charge in [0, 0.05) is 17.2 Å². The van der Waals surface area contributed by atoms with Gasteiger partial charge in [0.1, 0.15) is 5.69 Å². The van der Waals surface area contributed by atoms with Crippen molar-refractivity contribution in [1.29, 1.82) is 0 Å². The molecule has 0 aliphatic heterocycles. The van der Waals surface area contributed by atoms with Crippen LogP contribution in [0, 0.1) is 10.1 Å². The maximum absolute atomic E-state index is 10.9. The first kappa shape index (κ1) is 14.5. The monoisotopic (exact) mass is 309 g/mol. The Bertz CT molecular complexity index is 704. The van der Waals surface area contributed by atoms with Gasteiger partial charge in [-0.15, -0.1) is 0 Å². The van der Waals surface area contributed by atoms with Gasteiger partial charge in [0.05, 0.1) is 17.3 Å². The number of oxime groups is 1. The van der Waals surface area contributed by atoms with Crippen LogP contribution in [0.4, 0.5) is 5.69 Å². The van der Waals surface area contributed by atoms with Gasteiger partial charge < -0.3 is 15.7 Å². The highest BCUT2D eigenvalue weighted by atomic mass is 35.5. The number of nitrogens with zero attached hydrogens (tertiary/aromatic N) is 4. The molecule has 0 saturated heterocycles. The third kappa shape index (κ3) is 3.34. The molecule has 2 aromatic rings. The fourth-order valence-corrected chi connectivity index (χ4v) is 1.55. The van der Waals surface area contributed by atoms with Crippen LogP contribution in [0.5, 0.6) is 11.6 Å². The third-order valence-electron chi connectivity index (χ3n) is 2.33. The molecule has 108 valence electrons. The molecule has 3 N–H and O–H groups in total. The molecule has 0 aliphatic carbocycles. The number of hydrogen-bond donors (Lipinski definition) is 2. The van der Waals surface area contributed by atoms with Crippen molar-refractivity contribution in [2.24, 2.45) is 10.9 Å². The van der Waals surface area contributed by atoms with Gasteiger partial charge in [-0.2, -0.15) is 0 Å². The molecular formula is C11H8ClN5O4. The van der Waals surface area contributed by atoms with Crippen LogP contribution < -0.4 is 10.5 Å². The number of benzene rings is 1. The molecule has 1 heterocycles. The fraction of sp³-hybridized carbons (Fsp3) is 0. The van der Waals surface area contributed by atoms with Crippen molar-refractivity contribution in [1.82, 2.24) is 9.97 Å². The average Bonchev–Trinajstić information content (AvgIpc) is 2.47. The van der Waals surface area contributed by atoms with E-state index in [1.807, 2.05) is 0 Å². The van der Waals surface area contributed by atoms with E-state index in [9.17, 15) is 10.1 Å². The minimum absolute atomic E-state index is 0.00476. The summed E-state index contributed by atoms with van der Waals surface area (Å²) < 4.78 is 5.28. The lowest BCUT2D eigenvalue weighted by Gasteiger charge is -2.06. The Hall–Kier alpha value is -2.94. The number of nitrogens with two attached hydrogens (primary N) is 1. The summed E-state index contributed by atoms with van der Waals surface area (Å²) in [5, 5.41) is 22.4. The van der Waals surface area contributed by atoms with E-state index in [1.54, 1.807) is 0 Å². The Morgan fingerprint density at radius 3 is 2.76 bits per heavy atom. The van der Waals surface area contributed by atoms with Crippen LogP contribution >= 0.6 is 11.6 Å². The number of ether oxygens (including phenoxy) is 1. The SMILES string of the molecule is NC(=NO)c1cnc(Oc2cc(Cl)ccc2[N+](=O)[O-])cn1. The molecule has 9 nitrogen and oxygen atoms in total. The van der Waals surface area contributed by atoms with Gasteiger partial charge in [0.2, 0.25) is 11.6 Å². The predicted octanol–water partition coefficient (Wildman–Crippen LogP) is 1.92. The number of halogens is 1. The molecule has 0 aliphatic rings. The van der Waals surface area contributed by atoms with Crippen LogP contribution in [-0.2, 0) is 0 Å². The van der Waals surface area contributed by atoms with Crippen LogP contribution in [0.25, 0.3) is 0 Å². The molecule has 0 bridgehead atoms. The minimum Gasteiger partial charge on any atom is -0.430 e. The van der Waals surface area contributed by atoms with Gasteiger partial charge in [0.15, 0.2) is 5.84 Å². The van der Waals surface area contributed by atoms with E-state index in [2.05, 4.69) is 15.1 Å². The first-order valence-corrected chi connectivity index (χ1v) is 5.81. The first-order valence-electron chi connectivity index (χ1n) is 5.43. The molecule has 0 spiro atoms. The van der Waals surface area contributed by atoms with Gasteiger partial charge >= 0.3 is 5.69 Å². The van der Waals surface area contributed by atoms with E-state index in [0.717, 1.165) is 0 Å². The van der Waals surface area contributed by atoms with E-state index in [1.165, 1.54) is 30.6 Å². The van der Waals surface area contributed by atoms with Crippen molar-refractivity contribution in [2.45, 2.75) is 0 Å². The van der Waals surface area contributed by atoms with Crippen molar-refractivity contribution in [3.05, 3.63) is 51.4 Å². The van der Waals surface area contributed by atoms with E-state index < -0.39 is 4.92 Å². The number of hydrogen-bond acceptors (Lipinski definition) is 7. The van der Waals surface area contributed by atoms with Crippen molar-refractivity contribution in [3.63, 3.8) is 0 Å². The second-order valence-corrected chi connectivity index (χ2v) is 4.13. The van der Waals surface area contributed by atoms with E-state index in [0.29, 0.717) is 0 Å². The lowest BCUT2D eigenvalue weighted by atomic mass is 10.3. The van der Waals surface area contributed by atoms with Crippen molar-refractivity contribution in [2.75, 3.05) is 0 Å². The zero-order valence-corrected chi connectivity index (χ0v) is 11.1. The highest BCUT2D eigenvalue weighted by molar-refractivity contribution is 6.30. The van der Waals surface area contributed by atoms with E-state index >= 15 is 0 Å². The van der Waals surface area contributed by atoms with Crippen LogP contribution in [0.15, 0.2) is 35.7 Å². The third-order valence-corrected chi connectivity index (χ3v) is 2.57. The van der Waals surface area contributed by atoms with Gasteiger partial charge in [-0.3, -0.25) is 10.1 Å². The highest BCUT2D eigenvalue weighted by Crippen LogP contribution is 2.32. The number of aromatic nitrogens is 2. The second kappa shape index (κ2) is 6.01. The van der Waals surface area contributed by atoms with E-state index in [-0.39, 0.29) is 33.9 Å². The van der Waals surface area contributed by atoms with Crippen LogP contribution in [0.1, 0.15) is 5.69 Å². The second-order valence-electron chi connectivity index (χ2n) is 3.70. The highest BCUT2D eigenvalue weighted by Gasteiger charge is 2.17. The Labute approximate surface area is 122 Å². The van der Waals surface area contributed by atoms with Gasteiger partial charge in [-0.1, -0.05) is 16.8 Å². The van der Waals surface area contributed by atoms with Crippen molar-refractivity contribution in [3.8, 4) is 11.6 Å². The van der Waals surface area contributed by atoms with Crippen molar-refractivity contribution < 1.29 is 14.9 Å². The molecule has 2 rings (SSSR count). The molecule has 1 aromatic carbocycles. The topological polar surface area (TPSA) is 137 Å². The number of nitro benzene ring substituents is 1. The molecule has 10 heteroatoms. The van der Waals surface area contributed by atoms with E-state index in [4.69, 9.17) is 27.3 Å². The summed E-state index contributed by atoms with van der Waals surface area (Å²) in [7, 11) is 0. The minimum atomic E-state index is -0.607. The summed E-state index contributed by atoms with van der Waals surface area (Å²) in [5.41, 5.74) is 5.20. The average molecular weight is 310 g/mol. The summed E-state index contributed by atoms with van der Waals surface area (Å²) >= 11 is 5.77. The fourth-order valence-electron chi connectivity index (χ4n) is 1.39. The number of nitro groups is 1. The largest absolute Gasteiger partial charge is 0.430 e. The molecular weight excluding hydrogens is 302 g/mol. The summed E-state index contributed by atoms with van der Waals surface area (Å²) in [5.74, 6) is -0.295. The molecule has 0 fully saturated rings. The standard InChI is InChI=1S/C11H8ClN5O4/c12-6-1-2-8(17(19)20)9(3-6)21-10-5-14-7(4-15-10)11(13)16-18/h1-5,18H,(H2,13,16). The van der Waals surface area contributed by atoms with Gasteiger partial charge in [-0.25, -0.2) is 9.97 Å². The van der Waals surface area contributed by atoms with Gasteiger partial charge in [-0.05, 0) is 6.07 Å². The lowest BCUT2D eigenvalue weighted by Crippen LogP contribution is -2.15. The lowest BCUT2D eigenvalue weighted by molar-refractivity contribution is -0.385. The Balaban J connectivity index is 2.30. The predicted molar refractivity (Wildman–Crippen MR) is 72.7 cm³/mol. The molecule has 0 saturated carbocycles. The quantitative estimate of drug-likeness (QED) is 0.289. The number of rotatable bonds is 4. The Kier molecular flexibility index (Phi) is 4.14. The molecule has 21 heavy (non-hydrogen) atoms. The van der Waals surface area contributed by atoms with Crippen LogP contribution in [-0.4, -0.2) is 25.9 Å². The molecule has 0 radical (unpaired) electrons. The molecule has 0 amide bonds. The Morgan fingerprint density at radius 2 is 2.19 bits per heavy atom. The molecule has 0 atom stereocenters. The summed E-state index contributed by atoms with van der Waals surface area (Å²) in [6, 6.07) is 3.88. The summed E-state index contributed by atoms with van der Waals surface area (Å²) in [4.78, 5) is 18.0. The smallest absolute Gasteiger partial charge is 0.311 e. The van der Waals surface area contributed by atoms with Gasteiger partial charge in [0.25, 0.3) is 0 Å². The molecule has 1 aromatic heterocycles. The van der Waals surface area contributed by atoms with Crippen LogP contribution in [0.3, 0.4) is 0 Å². The van der Waals surface area contributed by atoms with Crippen molar-refractivity contribution >= 4 is 23.1 Å². The summed E-state index contributed by atoms with van der Waals surface area (Å²) in [6.07, 6.45) is 2.37. The number of amidine groups is 1. The zero-order chi connectivity index (χ0) is 15.4. The van der Waals surface area contributed by atoms with Crippen LogP contribution in [0.2, 0.25) is 5.02 Å². The molecule has 0 unspecified atom stereocenters. The summed E-state index contributed by atoms with van der Waals surface area (Å²) in [6.45, 7) is 0. The zero-order valence-electron chi connectivity index (χ0n) is 10.3. The normalized spacial score (nSPS) is 11.2. The maximum Gasteiger partial charge on any atom is 0.311 e. The maximum atomic E-state index is 10.9. The Morgan fingerprint density at radius 1 is 1.43 bits per heavy atom. The first-order chi connectivity index (χ1) is 10.0.